The van der Waals surface area contributed by atoms with Crippen molar-refractivity contribution in [3.63, 3.8) is 0 Å². The monoisotopic (exact) mass is 423 g/mol. The fraction of sp³-hybridized carbons (Fsp3) is 0.522. The van der Waals surface area contributed by atoms with Crippen LogP contribution in [-0.2, 0) is 6.54 Å². The Morgan fingerprint density at radius 2 is 1.97 bits per heavy atom. The third-order valence-corrected chi connectivity index (χ3v) is 7.88. The number of aromatic nitrogens is 2. The molecule has 1 N–H and O–H groups in total. The van der Waals surface area contributed by atoms with Gasteiger partial charge < -0.3 is 0 Å². The van der Waals surface area contributed by atoms with Gasteiger partial charge in [0.15, 0.2) is 0 Å². The van der Waals surface area contributed by atoms with Crippen molar-refractivity contribution in [3.05, 3.63) is 56.9 Å². The summed E-state index contributed by atoms with van der Waals surface area (Å²) in [6.45, 7) is 10.6. The van der Waals surface area contributed by atoms with Crippen molar-refractivity contribution in [2.75, 3.05) is 0 Å². The van der Waals surface area contributed by atoms with Gasteiger partial charge in [-0.15, -0.1) is 0 Å². The second kappa shape index (κ2) is 7.28. The van der Waals surface area contributed by atoms with E-state index in [1.807, 2.05) is 12.1 Å². The maximum absolute atomic E-state index is 12.6. The molecule has 31 heavy (non-hydrogen) atoms. The predicted molar refractivity (Wildman–Crippen MR) is 118 cm³/mol. The molecule has 1 heterocycles. The van der Waals surface area contributed by atoms with E-state index >= 15 is 0 Å². The second-order valence-corrected chi connectivity index (χ2v) is 9.62. The molecule has 2 atom stereocenters. The third kappa shape index (κ3) is 3.34. The number of carbonyl (C=O) groups is 1. The average molecular weight is 424 g/mol. The van der Waals surface area contributed by atoms with Crippen LogP contribution in [0.1, 0.15) is 67.3 Å². The molecule has 2 fully saturated rings. The van der Waals surface area contributed by atoms with E-state index in [2.05, 4.69) is 36.4 Å². The molecule has 2 bridgehead atoms. The summed E-state index contributed by atoms with van der Waals surface area (Å²) in [5.41, 5.74) is 6.52. The van der Waals surface area contributed by atoms with Gasteiger partial charge in [0.2, 0.25) is 0 Å². The van der Waals surface area contributed by atoms with Gasteiger partial charge in [0, 0.05) is 16.7 Å². The van der Waals surface area contributed by atoms with E-state index in [0.29, 0.717) is 29.4 Å². The largest absolute Gasteiger partial charge is 0.312 e. The molecule has 2 aromatic rings. The lowest BCUT2D eigenvalue weighted by atomic mass is 9.70. The highest BCUT2D eigenvalue weighted by Gasteiger charge is 2.60. The molecule has 0 aliphatic heterocycles. The number of fused-ring (bicyclic) bond motifs is 2. The lowest BCUT2D eigenvalue weighted by Crippen LogP contribution is -2.34. The Balaban J connectivity index is 1.44. The van der Waals surface area contributed by atoms with Crippen molar-refractivity contribution >= 4 is 17.3 Å². The number of nitro groups is 1. The van der Waals surface area contributed by atoms with Crippen LogP contribution in [0.5, 0.6) is 0 Å². The van der Waals surface area contributed by atoms with Gasteiger partial charge in [-0.05, 0) is 62.1 Å². The molecule has 0 saturated heterocycles. The lowest BCUT2D eigenvalue weighted by Gasteiger charge is -2.34. The number of carbonyl (C=O) groups excluding carboxylic acids is 1. The summed E-state index contributed by atoms with van der Waals surface area (Å²) in [5, 5.41) is 20.0. The van der Waals surface area contributed by atoms with Crippen LogP contribution >= 0.6 is 0 Å². The maximum atomic E-state index is 12.6. The van der Waals surface area contributed by atoms with Gasteiger partial charge in [0.1, 0.15) is 11.4 Å². The molecule has 0 radical (unpaired) electrons. The Morgan fingerprint density at radius 1 is 1.29 bits per heavy atom. The first kappa shape index (κ1) is 21.2. The van der Waals surface area contributed by atoms with Crippen molar-refractivity contribution in [1.29, 1.82) is 0 Å². The Morgan fingerprint density at radius 3 is 2.48 bits per heavy atom. The molecule has 164 valence electrons. The summed E-state index contributed by atoms with van der Waals surface area (Å²) in [7, 11) is 0. The zero-order valence-electron chi connectivity index (χ0n) is 18.7. The number of nitrogens with zero attached hydrogens (tertiary/aromatic N) is 4. The first-order valence-corrected chi connectivity index (χ1v) is 10.7. The van der Waals surface area contributed by atoms with Crippen molar-refractivity contribution in [2.45, 2.75) is 60.4 Å². The number of nitrogens with one attached hydrogen (secondary N) is 1. The minimum absolute atomic E-state index is 0.0487. The van der Waals surface area contributed by atoms with Crippen LogP contribution in [0.2, 0.25) is 0 Å². The lowest BCUT2D eigenvalue weighted by molar-refractivity contribution is -0.386. The number of benzene rings is 1. The molecular formula is C23H29N5O3. The first-order valence-electron chi connectivity index (χ1n) is 10.7. The quantitative estimate of drug-likeness (QED) is 0.569. The SMILES string of the molecule is Cc1nn(Cc2ccc(C(=O)N/N=C3/C[C@H]4CC[C@]3(C)C4(C)C)cc2)c(C)c1[N+](=O)[O-]. The molecule has 2 saturated carbocycles. The topological polar surface area (TPSA) is 102 Å². The van der Waals surface area contributed by atoms with Crippen LogP contribution in [-0.4, -0.2) is 26.3 Å². The Kier molecular flexibility index (Phi) is 4.98. The first-order chi connectivity index (χ1) is 14.5. The maximum Gasteiger partial charge on any atom is 0.312 e. The van der Waals surface area contributed by atoms with Crippen molar-refractivity contribution in [3.8, 4) is 0 Å². The Hall–Kier alpha value is -3.03. The molecule has 8 heteroatoms. The fourth-order valence-corrected chi connectivity index (χ4v) is 5.32. The molecule has 0 unspecified atom stereocenters. The van der Waals surface area contributed by atoms with Crippen molar-refractivity contribution in [1.82, 2.24) is 15.2 Å². The summed E-state index contributed by atoms with van der Waals surface area (Å²) in [6.07, 6.45) is 3.31. The smallest absolute Gasteiger partial charge is 0.267 e. The molecule has 2 aliphatic rings. The summed E-state index contributed by atoms with van der Waals surface area (Å²) in [6, 6.07) is 7.17. The third-order valence-electron chi connectivity index (χ3n) is 7.88. The highest BCUT2D eigenvalue weighted by molar-refractivity contribution is 5.98. The fourth-order valence-electron chi connectivity index (χ4n) is 5.32. The molecule has 2 aliphatic carbocycles. The number of hydrogen-bond acceptors (Lipinski definition) is 5. The van der Waals surface area contributed by atoms with E-state index in [-0.39, 0.29) is 22.4 Å². The standard InChI is InChI=1S/C23H29N5O3/c1-14-20(28(30)31)15(2)27(26-14)13-16-6-8-17(9-7-16)21(29)25-24-19-12-18-10-11-23(19,5)22(18,3)4/h6-9,18H,10-13H2,1-5H3,(H,25,29)/b24-19-/t18-,23+/m1/s1. The average Bonchev–Trinajstić information content (AvgIpc) is 3.19. The highest BCUT2D eigenvalue weighted by atomic mass is 16.6. The summed E-state index contributed by atoms with van der Waals surface area (Å²) >= 11 is 0. The van der Waals surface area contributed by atoms with Crippen molar-refractivity contribution in [2.24, 2.45) is 21.8 Å². The van der Waals surface area contributed by atoms with Gasteiger partial charge in [0.25, 0.3) is 5.91 Å². The van der Waals surface area contributed by atoms with E-state index in [9.17, 15) is 14.9 Å². The molecular weight excluding hydrogens is 394 g/mol. The zero-order valence-corrected chi connectivity index (χ0v) is 18.7. The Bertz CT molecular complexity index is 1080. The molecule has 1 aromatic heterocycles. The Labute approximate surface area is 181 Å². The number of aryl methyl sites for hydroxylation is 1. The van der Waals surface area contributed by atoms with E-state index in [1.54, 1.807) is 30.7 Å². The van der Waals surface area contributed by atoms with Crippen LogP contribution in [0.4, 0.5) is 5.69 Å². The zero-order chi connectivity index (χ0) is 22.6. The van der Waals surface area contributed by atoms with E-state index in [0.717, 1.165) is 24.1 Å². The number of amides is 1. The summed E-state index contributed by atoms with van der Waals surface area (Å²) < 4.78 is 1.62. The second-order valence-electron chi connectivity index (χ2n) is 9.62. The van der Waals surface area contributed by atoms with Gasteiger partial charge in [-0.25, -0.2) is 5.43 Å². The van der Waals surface area contributed by atoms with E-state index in [4.69, 9.17) is 0 Å². The van der Waals surface area contributed by atoms with Crippen LogP contribution in [0.3, 0.4) is 0 Å². The van der Waals surface area contributed by atoms with Crippen LogP contribution in [0.15, 0.2) is 29.4 Å². The van der Waals surface area contributed by atoms with Gasteiger partial charge in [-0.2, -0.15) is 10.2 Å². The minimum atomic E-state index is -0.402. The number of hydrazone groups is 1. The van der Waals surface area contributed by atoms with E-state index < -0.39 is 4.92 Å². The molecule has 1 aromatic carbocycles. The van der Waals surface area contributed by atoms with Gasteiger partial charge in [-0.1, -0.05) is 32.9 Å². The van der Waals surface area contributed by atoms with Crippen LogP contribution in [0, 0.1) is 40.7 Å². The summed E-state index contributed by atoms with van der Waals surface area (Å²) in [5.74, 6) is 0.405. The summed E-state index contributed by atoms with van der Waals surface area (Å²) in [4.78, 5) is 23.4. The predicted octanol–water partition coefficient (Wildman–Crippen LogP) is 4.39. The molecule has 1 amide bonds. The number of hydrogen-bond donors (Lipinski definition) is 1. The molecule has 8 nitrogen and oxygen atoms in total. The highest BCUT2D eigenvalue weighted by Crippen LogP contribution is 2.63. The van der Waals surface area contributed by atoms with Crippen molar-refractivity contribution < 1.29 is 9.72 Å². The van der Waals surface area contributed by atoms with Crippen LogP contribution < -0.4 is 5.43 Å². The van der Waals surface area contributed by atoms with Gasteiger partial charge in [-0.3, -0.25) is 19.6 Å². The number of rotatable bonds is 5. The van der Waals surface area contributed by atoms with E-state index in [1.165, 1.54) is 6.42 Å². The van der Waals surface area contributed by atoms with Gasteiger partial charge >= 0.3 is 5.69 Å². The van der Waals surface area contributed by atoms with Crippen LogP contribution in [0.25, 0.3) is 0 Å². The normalized spacial score (nSPS) is 25.2. The minimum Gasteiger partial charge on any atom is -0.267 e. The van der Waals surface area contributed by atoms with Gasteiger partial charge in [0.05, 0.1) is 11.5 Å². The molecule has 0 spiro atoms. The molecule has 4 rings (SSSR count).